The molecule has 24 heavy (non-hydrogen) atoms. The molecular weight excluding hydrogens is 308 g/mol. The summed E-state index contributed by atoms with van der Waals surface area (Å²) in [4.78, 5) is 12.5. The molecule has 0 amide bonds. The Morgan fingerprint density at radius 2 is 1.79 bits per heavy atom. The summed E-state index contributed by atoms with van der Waals surface area (Å²) in [5.74, 6) is -1.44. The van der Waals surface area contributed by atoms with Gasteiger partial charge >= 0.3 is 5.97 Å². The van der Waals surface area contributed by atoms with Gasteiger partial charge in [-0.1, -0.05) is 30.3 Å². The molecule has 124 valence electrons. The second-order valence-corrected chi connectivity index (χ2v) is 6.41. The Hall–Kier alpha value is -2.37. The molecule has 3 aliphatic rings. The van der Waals surface area contributed by atoms with Crippen molar-refractivity contribution in [3.63, 3.8) is 0 Å². The molecule has 5 rings (SSSR count). The second-order valence-electron chi connectivity index (χ2n) is 6.41. The summed E-state index contributed by atoms with van der Waals surface area (Å²) < 4.78 is 5.14. The van der Waals surface area contributed by atoms with E-state index in [1.165, 1.54) is 12.1 Å². The minimum Gasteiger partial charge on any atom is -0.508 e. The van der Waals surface area contributed by atoms with Crippen LogP contribution < -0.4 is 0 Å². The number of carbonyl (C=O) groups excluding carboxylic acids is 1. The zero-order valence-corrected chi connectivity index (χ0v) is 13.2. The van der Waals surface area contributed by atoms with E-state index in [9.17, 15) is 20.1 Å². The average molecular weight is 326 g/mol. The summed E-state index contributed by atoms with van der Waals surface area (Å²) in [6, 6.07) is 11.5. The van der Waals surface area contributed by atoms with Crippen LogP contribution in [0, 0.1) is 5.92 Å². The Morgan fingerprint density at radius 3 is 2.50 bits per heavy atom. The molecule has 0 spiro atoms. The number of aromatic hydroxyl groups is 1. The van der Waals surface area contributed by atoms with E-state index in [1.807, 2.05) is 0 Å². The maximum atomic E-state index is 12.5. The lowest BCUT2D eigenvalue weighted by Crippen LogP contribution is -2.57. The van der Waals surface area contributed by atoms with Gasteiger partial charge in [0, 0.05) is 6.42 Å². The zero-order chi connectivity index (χ0) is 17.1. The van der Waals surface area contributed by atoms with Crippen molar-refractivity contribution in [1.82, 2.24) is 0 Å². The molecule has 0 saturated heterocycles. The van der Waals surface area contributed by atoms with E-state index < -0.39 is 23.1 Å². The van der Waals surface area contributed by atoms with Gasteiger partial charge in [0.25, 0.3) is 0 Å². The number of esters is 1. The molecule has 0 aromatic heterocycles. The summed E-state index contributed by atoms with van der Waals surface area (Å²) in [6.07, 6.45) is 0.00972. The Morgan fingerprint density at radius 1 is 1.12 bits per heavy atom. The molecule has 3 atom stereocenters. The van der Waals surface area contributed by atoms with Crippen molar-refractivity contribution >= 4 is 5.97 Å². The number of fused-ring (bicyclic) bond motifs is 1. The fraction of sp³-hybridized carbons (Fsp3) is 0.316. The Kier molecular flexibility index (Phi) is 3.04. The van der Waals surface area contributed by atoms with Crippen LogP contribution in [0.4, 0.5) is 0 Å². The standard InChI is InChI=1S/C19H18O5/c1-2-24-17(21)16-10-18(22)12-5-3-4-6-13(12)19(16,23)14-8-7-11(20)9-15(14)18/h3-9,16,20,22-23H,2,10H2,1H3. The summed E-state index contributed by atoms with van der Waals surface area (Å²) >= 11 is 0. The van der Waals surface area contributed by atoms with Crippen LogP contribution in [0.3, 0.4) is 0 Å². The van der Waals surface area contributed by atoms with E-state index in [2.05, 4.69) is 0 Å². The van der Waals surface area contributed by atoms with E-state index in [4.69, 9.17) is 4.74 Å². The number of rotatable bonds is 2. The smallest absolute Gasteiger partial charge is 0.312 e. The summed E-state index contributed by atoms with van der Waals surface area (Å²) in [5.41, 5.74) is -1.10. The summed E-state index contributed by atoms with van der Waals surface area (Å²) in [6.45, 7) is 1.91. The molecule has 0 radical (unpaired) electrons. The lowest BCUT2D eigenvalue weighted by molar-refractivity contribution is -0.166. The normalized spacial score (nSPS) is 29.7. The van der Waals surface area contributed by atoms with Crippen molar-refractivity contribution in [2.45, 2.75) is 24.5 Å². The molecule has 3 N–H and O–H groups in total. The van der Waals surface area contributed by atoms with Crippen molar-refractivity contribution in [2.24, 2.45) is 5.92 Å². The highest BCUT2D eigenvalue weighted by Crippen LogP contribution is 2.60. The van der Waals surface area contributed by atoms with Gasteiger partial charge in [0.2, 0.25) is 0 Å². The van der Waals surface area contributed by atoms with Crippen LogP contribution in [-0.2, 0) is 20.7 Å². The second kappa shape index (κ2) is 4.82. The number of carbonyl (C=O) groups is 1. The minimum atomic E-state index is -1.59. The third-order valence-electron chi connectivity index (χ3n) is 5.22. The minimum absolute atomic E-state index is 0.00323. The van der Waals surface area contributed by atoms with Crippen molar-refractivity contribution in [1.29, 1.82) is 0 Å². The van der Waals surface area contributed by atoms with E-state index in [0.29, 0.717) is 22.3 Å². The molecule has 5 heteroatoms. The quantitative estimate of drug-likeness (QED) is 0.732. The highest BCUT2D eigenvalue weighted by Gasteiger charge is 2.62. The van der Waals surface area contributed by atoms with Gasteiger partial charge in [-0.05, 0) is 41.3 Å². The van der Waals surface area contributed by atoms with Gasteiger partial charge in [-0.3, -0.25) is 4.79 Å². The van der Waals surface area contributed by atoms with Gasteiger partial charge in [-0.2, -0.15) is 0 Å². The largest absolute Gasteiger partial charge is 0.508 e. The van der Waals surface area contributed by atoms with Crippen LogP contribution in [-0.4, -0.2) is 27.9 Å². The van der Waals surface area contributed by atoms with E-state index in [0.717, 1.165) is 0 Å². The zero-order valence-electron chi connectivity index (χ0n) is 13.2. The van der Waals surface area contributed by atoms with Crippen LogP contribution in [0.15, 0.2) is 42.5 Å². The molecular formula is C19H18O5. The first-order valence-electron chi connectivity index (χ1n) is 7.98. The van der Waals surface area contributed by atoms with Gasteiger partial charge in [0.15, 0.2) is 0 Å². The number of hydrogen-bond acceptors (Lipinski definition) is 5. The summed E-state index contributed by atoms with van der Waals surface area (Å²) in [7, 11) is 0. The van der Waals surface area contributed by atoms with Crippen LogP contribution >= 0.6 is 0 Å². The molecule has 0 aliphatic heterocycles. The topological polar surface area (TPSA) is 87.0 Å². The number of phenols is 1. The van der Waals surface area contributed by atoms with Crippen LogP contribution in [0.1, 0.15) is 35.6 Å². The molecule has 0 heterocycles. The lowest BCUT2D eigenvalue weighted by Gasteiger charge is -2.53. The first kappa shape index (κ1) is 15.2. The Balaban J connectivity index is 2.04. The van der Waals surface area contributed by atoms with Gasteiger partial charge in [-0.25, -0.2) is 0 Å². The van der Waals surface area contributed by atoms with Crippen LogP contribution in [0.2, 0.25) is 0 Å². The molecule has 3 aliphatic carbocycles. The van der Waals surface area contributed by atoms with E-state index in [-0.39, 0.29) is 18.8 Å². The van der Waals surface area contributed by atoms with Crippen molar-refractivity contribution in [3.8, 4) is 5.75 Å². The maximum Gasteiger partial charge on any atom is 0.312 e. The maximum absolute atomic E-state index is 12.5. The van der Waals surface area contributed by atoms with Gasteiger partial charge in [0.1, 0.15) is 17.0 Å². The van der Waals surface area contributed by atoms with Crippen molar-refractivity contribution in [2.75, 3.05) is 6.61 Å². The van der Waals surface area contributed by atoms with E-state index >= 15 is 0 Å². The van der Waals surface area contributed by atoms with E-state index in [1.54, 1.807) is 37.3 Å². The predicted octanol–water partition coefficient (Wildman–Crippen LogP) is 1.76. The molecule has 2 bridgehead atoms. The molecule has 0 saturated carbocycles. The highest BCUT2D eigenvalue weighted by molar-refractivity contribution is 5.79. The Labute approximate surface area is 139 Å². The number of aliphatic hydroxyl groups is 2. The molecule has 5 nitrogen and oxygen atoms in total. The van der Waals surface area contributed by atoms with Gasteiger partial charge in [-0.15, -0.1) is 0 Å². The highest BCUT2D eigenvalue weighted by atomic mass is 16.5. The first-order chi connectivity index (χ1) is 11.4. The predicted molar refractivity (Wildman–Crippen MR) is 85.3 cm³/mol. The third-order valence-corrected chi connectivity index (χ3v) is 5.22. The first-order valence-corrected chi connectivity index (χ1v) is 7.98. The number of hydrogen-bond donors (Lipinski definition) is 3. The molecule has 3 unspecified atom stereocenters. The van der Waals surface area contributed by atoms with Crippen LogP contribution in [0.5, 0.6) is 5.75 Å². The Bertz CT molecular complexity index is 845. The fourth-order valence-electron chi connectivity index (χ4n) is 4.21. The average Bonchev–Trinajstić information content (AvgIpc) is 2.57. The summed E-state index contributed by atoms with van der Waals surface area (Å²) in [5, 5.41) is 32.8. The fourth-order valence-corrected chi connectivity index (χ4v) is 4.21. The van der Waals surface area contributed by atoms with Crippen molar-refractivity contribution in [3.05, 3.63) is 64.7 Å². The number of benzene rings is 2. The lowest BCUT2D eigenvalue weighted by atomic mass is 9.54. The number of ether oxygens (including phenoxy) is 1. The third kappa shape index (κ3) is 1.68. The SMILES string of the molecule is CCOC(=O)C1CC2(O)c3ccccc3C1(O)c1ccc(O)cc12. The molecule has 2 aromatic carbocycles. The van der Waals surface area contributed by atoms with Gasteiger partial charge in [0.05, 0.1) is 12.5 Å². The van der Waals surface area contributed by atoms with Crippen molar-refractivity contribution < 1.29 is 24.9 Å². The molecule has 2 aromatic rings. The monoisotopic (exact) mass is 326 g/mol. The van der Waals surface area contributed by atoms with Gasteiger partial charge < -0.3 is 20.1 Å². The molecule has 0 fully saturated rings. The number of phenolic OH excluding ortho intramolecular Hbond substituents is 1. The van der Waals surface area contributed by atoms with Crippen LogP contribution in [0.25, 0.3) is 0 Å².